The molecule has 0 spiro atoms. The van der Waals surface area contributed by atoms with Crippen LogP contribution in [0.3, 0.4) is 0 Å². The molecule has 1 N–H and O–H groups in total. The molecule has 0 aliphatic rings. The van der Waals surface area contributed by atoms with E-state index in [1.807, 2.05) is 66.3 Å². The number of benzene rings is 3. The van der Waals surface area contributed by atoms with Gasteiger partial charge in [-0.1, -0.05) is 18.2 Å². The third-order valence-corrected chi connectivity index (χ3v) is 5.61. The Balaban J connectivity index is 1.89. The van der Waals surface area contributed by atoms with Gasteiger partial charge < -0.3 is 19.3 Å². The first-order valence-corrected chi connectivity index (χ1v) is 10.6. The molecule has 0 unspecified atom stereocenters. The van der Waals surface area contributed by atoms with Gasteiger partial charge in [-0.3, -0.25) is 0 Å². The van der Waals surface area contributed by atoms with Crippen LogP contribution < -0.4 is 9.80 Å². The first kappa shape index (κ1) is 21.5. The molecule has 0 fully saturated rings. The van der Waals surface area contributed by atoms with Gasteiger partial charge in [0, 0.05) is 50.7 Å². The van der Waals surface area contributed by atoms with Crippen molar-refractivity contribution >= 4 is 11.4 Å². The van der Waals surface area contributed by atoms with Gasteiger partial charge in [0.25, 0.3) is 0 Å². The topological polar surface area (TPSA) is 52.7 Å². The summed E-state index contributed by atoms with van der Waals surface area (Å²) in [6, 6.07) is 20.3. The van der Waals surface area contributed by atoms with Gasteiger partial charge in [0.1, 0.15) is 11.4 Å². The van der Waals surface area contributed by atoms with E-state index < -0.39 is 0 Å². The van der Waals surface area contributed by atoms with Crippen molar-refractivity contribution in [2.24, 2.45) is 0 Å². The molecule has 0 atom stereocenters. The maximum atomic E-state index is 10.7. The average molecular weight is 428 g/mol. The van der Waals surface area contributed by atoms with Crippen LogP contribution in [0.5, 0.6) is 5.75 Å². The molecule has 0 aliphatic heterocycles. The zero-order valence-corrected chi connectivity index (χ0v) is 19.5. The Bertz CT molecular complexity index is 1170. The molecule has 0 bridgehead atoms. The molecule has 4 rings (SSSR count). The lowest BCUT2D eigenvalue weighted by Gasteiger charge is -2.13. The lowest BCUT2D eigenvalue weighted by Crippen LogP contribution is -2.08. The standard InChI is InChI=1S/C27H29N3O2/c1-17-15-18(2)25(31)23(16-17)27-28-24(19-7-11-21(12-8-19)29(3)4)26(32-27)20-9-13-22(14-10-20)30(5)6/h7-16,31H,1-6H3. The number of aromatic hydroxyl groups is 1. The molecule has 0 aliphatic carbocycles. The summed E-state index contributed by atoms with van der Waals surface area (Å²) in [5, 5.41) is 10.7. The highest BCUT2D eigenvalue weighted by atomic mass is 16.4. The van der Waals surface area contributed by atoms with Gasteiger partial charge in [-0.15, -0.1) is 0 Å². The number of anilines is 2. The number of aromatic nitrogens is 1. The van der Waals surface area contributed by atoms with Gasteiger partial charge >= 0.3 is 0 Å². The number of oxazole rings is 1. The smallest absolute Gasteiger partial charge is 0.231 e. The van der Waals surface area contributed by atoms with Crippen LogP contribution in [-0.2, 0) is 0 Å². The minimum atomic E-state index is 0.195. The second-order valence-corrected chi connectivity index (χ2v) is 8.56. The summed E-state index contributed by atoms with van der Waals surface area (Å²) in [6.45, 7) is 3.89. The molecule has 1 aromatic heterocycles. The summed E-state index contributed by atoms with van der Waals surface area (Å²) in [5.41, 5.74) is 7.31. The average Bonchev–Trinajstić information content (AvgIpc) is 3.21. The zero-order valence-electron chi connectivity index (χ0n) is 19.5. The summed E-state index contributed by atoms with van der Waals surface area (Å²) in [5.74, 6) is 1.29. The molecule has 164 valence electrons. The predicted molar refractivity (Wildman–Crippen MR) is 133 cm³/mol. The van der Waals surface area contributed by atoms with Crippen molar-refractivity contribution in [1.29, 1.82) is 0 Å². The summed E-state index contributed by atoms with van der Waals surface area (Å²) in [7, 11) is 8.07. The highest BCUT2D eigenvalue weighted by molar-refractivity contribution is 5.81. The van der Waals surface area contributed by atoms with Crippen LogP contribution in [0.1, 0.15) is 11.1 Å². The number of hydrogen-bond donors (Lipinski definition) is 1. The van der Waals surface area contributed by atoms with Gasteiger partial charge in [-0.05, 0) is 67.4 Å². The minimum Gasteiger partial charge on any atom is -0.507 e. The van der Waals surface area contributed by atoms with Crippen molar-refractivity contribution in [3.8, 4) is 39.8 Å². The molecule has 5 heteroatoms. The fourth-order valence-electron chi connectivity index (χ4n) is 3.78. The minimum absolute atomic E-state index is 0.195. The van der Waals surface area contributed by atoms with Crippen LogP contribution in [0.4, 0.5) is 11.4 Å². The number of nitrogens with zero attached hydrogens (tertiary/aromatic N) is 3. The van der Waals surface area contributed by atoms with Gasteiger partial charge in [-0.25, -0.2) is 4.98 Å². The Hall–Kier alpha value is -3.73. The molecule has 0 saturated heterocycles. The number of hydrogen-bond acceptors (Lipinski definition) is 5. The zero-order chi connectivity index (χ0) is 23.0. The maximum absolute atomic E-state index is 10.7. The lowest BCUT2D eigenvalue weighted by atomic mass is 10.0. The molecular formula is C27H29N3O2. The second-order valence-electron chi connectivity index (χ2n) is 8.56. The molecule has 5 nitrogen and oxygen atoms in total. The summed E-state index contributed by atoms with van der Waals surface area (Å²) >= 11 is 0. The lowest BCUT2D eigenvalue weighted by molar-refractivity contribution is 0.469. The van der Waals surface area contributed by atoms with Gasteiger partial charge in [0.05, 0.1) is 5.56 Å². The van der Waals surface area contributed by atoms with Crippen molar-refractivity contribution in [2.75, 3.05) is 38.0 Å². The molecule has 32 heavy (non-hydrogen) atoms. The number of phenolic OH excluding ortho intramolecular Hbond substituents is 1. The summed E-state index contributed by atoms with van der Waals surface area (Å²) in [4.78, 5) is 8.97. The van der Waals surface area contributed by atoms with E-state index in [9.17, 15) is 5.11 Å². The normalized spacial score (nSPS) is 10.9. The molecule has 1 heterocycles. The van der Waals surface area contributed by atoms with E-state index in [2.05, 4.69) is 46.2 Å². The molecular weight excluding hydrogens is 398 g/mol. The molecule has 4 aromatic rings. The number of phenols is 1. The van der Waals surface area contributed by atoms with E-state index in [1.165, 1.54) is 0 Å². The van der Waals surface area contributed by atoms with Crippen LogP contribution in [-0.4, -0.2) is 38.3 Å². The monoisotopic (exact) mass is 427 g/mol. The number of rotatable bonds is 5. The Morgan fingerprint density at radius 2 is 1.28 bits per heavy atom. The molecule has 0 saturated carbocycles. The fourth-order valence-corrected chi connectivity index (χ4v) is 3.78. The van der Waals surface area contributed by atoms with Crippen LogP contribution in [0.25, 0.3) is 34.0 Å². The van der Waals surface area contributed by atoms with E-state index in [4.69, 9.17) is 9.40 Å². The first-order valence-electron chi connectivity index (χ1n) is 10.6. The van der Waals surface area contributed by atoms with E-state index in [1.54, 1.807) is 0 Å². The Labute approximate surface area is 189 Å². The summed E-state index contributed by atoms with van der Waals surface area (Å²) < 4.78 is 6.32. The fraction of sp³-hybridized carbons (Fsp3) is 0.222. The maximum Gasteiger partial charge on any atom is 0.231 e. The third-order valence-electron chi connectivity index (χ3n) is 5.61. The van der Waals surface area contributed by atoms with Gasteiger partial charge in [-0.2, -0.15) is 0 Å². The van der Waals surface area contributed by atoms with E-state index in [0.29, 0.717) is 17.2 Å². The van der Waals surface area contributed by atoms with E-state index in [-0.39, 0.29) is 5.75 Å². The van der Waals surface area contributed by atoms with Gasteiger partial charge in [0.15, 0.2) is 5.76 Å². The SMILES string of the molecule is Cc1cc(C)c(O)c(-c2nc(-c3ccc(N(C)C)cc3)c(-c3ccc(N(C)C)cc3)o2)c1. The van der Waals surface area contributed by atoms with Crippen LogP contribution in [0, 0.1) is 13.8 Å². The van der Waals surface area contributed by atoms with Crippen molar-refractivity contribution in [3.05, 3.63) is 71.8 Å². The van der Waals surface area contributed by atoms with E-state index in [0.717, 1.165) is 39.3 Å². The number of aryl methyl sites for hydroxylation is 2. The third kappa shape index (κ3) is 4.06. The van der Waals surface area contributed by atoms with Crippen molar-refractivity contribution in [2.45, 2.75) is 13.8 Å². The van der Waals surface area contributed by atoms with Crippen molar-refractivity contribution in [1.82, 2.24) is 4.98 Å². The second kappa shape index (κ2) is 8.42. The Morgan fingerprint density at radius 1 is 0.750 bits per heavy atom. The molecule has 0 amide bonds. The Morgan fingerprint density at radius 3 is 1.81 bits per heavy atom. The summed E-state index contributed by atoms with van der Waals surface area (Å²) in [6.07, 6.45) is 0. The van der Waals surface area contributed by atoms with Crippen molar-refractivity contribution < 1.29 is 9.52 Å². The highest BCUT2D eigenvalue weighted by Crippen LogP contribution is 2.40. The quantitative estimate of drug-likeness (QED) is 0.415. The van der Waals surface area contributed by atoms with Crippen LogP contribution >= 0.6 is 0 Å². The highest BCUT2D eigenvalue weighted by Gasteiger charge is 2.21. The molecule has 3 aromatic carbocycles. The van der Waals surface area contributed by atoms with Crippen LogP contribution in [0.15, 0.2) is 65.1 Å². The van der Waals surface area contributed by atoms with Crippen LogP contribution in [0.2, 0.25) is 0 Å². The van der Waals surface area contributed by atoms with Gasteiger partial charge in [0.2, 0.25) is 5.89 Å². The predicted octanol–water partition coefficient (Wildman–Crippen LogP) is 6.13. The van der Waals surface area contributed by atoms with E-state index >= 15 is 0 Å². The van der Waals surface area contributed by atoms with Crippen molar-refractivity contribution in [3.63, 3.8) is 0 Å². The first-order chi connectivity index (χ1) is 15.2. The Kier molecular flexibility index (Phi) is 5.66. The largest absolute Gasteiger partial charge is 0.507 e. The molecule has 0 radical (unpaired) electrons.